The molecule has 2 aromatic carbocycles. The largest absolute Gasteiger partial charge is 0.236 e. The van der Waals surface area contributed by atoms with Gasteiger partial charge in [0.15, 0.2) is 0 Å². The lowest BCUT2D eigenvalue weighted by Gasteiger charge is -2.08. The molecule has 0 amide bonds. The van der Waals surface area contributed by atoms with Gasteiger partial charge >= 0.3 is 0 Å². The van der Waals surface area contributed by atoms with Crippen LogP contribution in [0.2, 0.25) is 0 Å². The highest BCUT2D eigenvalue weighted by Crippen LogP contribution is 2.34. The van der Waals surface area contributed by atoms with E-state index in [1.807, 2.05) is 32.9 Å². The minimum atomic E-state index is -0.152. The molecular weight excluding hydrogens is 302 g/mol. The molecule has 1 aromatic heterocycles. The van der Waals surface area contributed by atoms with E-state index in [1.165, 1.54) is 15.8 Å². The van der Waals surface area contributed by atoms with Gasteiger partial charge in [-0.2, -0.15) is 10.2 Å². The van der Waals surface area contributed by atoms with Gasteiger partial charge in [0.05, 0.1) is 21.4 Å². The van der Waals surface area contributed by atoms with Gasteiger partial charge in [-0.05, 0) is 76.1 Å². The van der Waals surface area contributed by atoms with E-state index in [0.717, 1.165) is 21.8 Å². The highest BCUT2D eigenvalue weighted by atomic mass is 32.1. The molecule has 23 heavy (non-hydrogen) atoms. The summed E-state index contributed by atoms with van der Waals surface area (Å²) in [6, 6.07) is 12.4. The Morgan fingerprint density at radius 1 is 0.957 bits per heavy atom. The lowest BCUT2D eigenvalue weighted by atomic mass is 10.1. The third kappa shape index (κ3) is 3.48. The molecule has 0 aliphatic heterocycles. The van der Waals surface area contributed by atoms with Crippen LogP contribution in [0.4, 0.5) is 5.69 Å². The third-order valence-corrected chi connectivity index (χ3v) is 4.90. The molecule has 3 nitrogen and oxygen atoms in total. The van der Waals surface area contributed by atoms with Crippen molar-refractivity contribution in [3.8, 4) is 10.6 Å². The maximum atomic E-state index is 4.76. The van der Waals surface area contributed by atoms with Crippen LogP contribution in [0.15, 0.2) is 46.6 Å². The topological polar surface area (TPSA) is 37.6 Å². The van der Waals surface area contributed by atoms with Gasteiger partial charge in [0, 0.05) is 5.56 Å². The number of benzene rings is 2. The first-order valence-electron chi connectivity index (χ1n) is 7.73. The Kier molecular flexibility index (Phi) is 4.02. The van der Waals surface area contributed by atoms with Gasteiger partial charge in [-0.1, -0.05) is 6.07 Å². The Morgan fingerprint density at radius 3 is 2.30 bits per heavy atom. The summed E-state index contributed by atoms with van der Waals surface area (Å²) in [6.45, 7) is 10.4. The van der Waals surface area contributed by atoms with E-state index in [-0.39, 0.29) is 5.54 Å². The van der Waals surface area contributed by atoms with Crippen molar-refractivity contribution < 1.29 is 0 Å². The summed E-state index contributed by atoms with van der Waals surface area (Å²) in [7, 11) is 0. The number of aromatic nitrogens is 1. The Balaban J connectivity index is 1.93. The molecule has 3 aromatic rings. The fourth-order valence-electron chi connectivity index (χ4n) is 2.22. The summed E-state index contributed by atoms with van der Waals surface area (Å²) in [5.41, 5.74) is 5.55. The van der Waals surface area contributed by atoms with E-state index in [4.69, 9.17) is 4.98 Å². The van der Waals surface area contributed by atoms with E-state index in [9.17, 15) is 0 Å². The summed E-state index contributed by atoms with van der Waals surface area (Å²) in [5, 5.41) is 9.64. The van der Waals surface area contributed by atoms with Crippen LogP contribution in [-0.2, 0) is 0 Å². The van der Waals surface area contributed by atoms with E-state index < -0.39 is 0 Å². The minimum absolute atomic E-state index is 0.152. The summed E-state index contributed by atoms with van der Waals surface area (Å²) in [6.07, 6.45) is 0. The van der Waals surface area contributed by atoms with Crippen molar-refractivity contribution >= 4 is 27.2 Å². The predicted octanol–water partition coefficient (Wildman–Crippen LogP) is 6.46. The highest BCUT2D eigenvalue weighted by Gasteiger charge is 2.10. The lowest BCUT2D eigenvalue weighted by molar-refractivity contribution is 0.552. The van der Waals surface area contributed by atoms with E-state index in [2.05, 4.69) is 48.3 Å². The Bertz CT molecular complexity index is 868. The first-order valence-corrected chi connectivity index (χ1v) is 8.55. The monoisotopic (exact) mass is 323 g/mol. The number of hydrogen-bond acceptors (Lipinski definition) is 4. The summed E-state index contributed by atoms with van der Waals surface area (Å²) in [4.78, 5) is 4.76. The predicted molar refractivity (Wildman–Crippen MR) is 98.8 cm³/mol. The first-order chi connectivity index (χ1) is 10.8. The zero-order chi connectivity index (χ0) is 16.6. The Labute approximate surface area is 141 Å². The molecule has 0 saturated heterocycles. The van der Waals surface area contributed by atoms with E-state index >= 15 is 0 Å². The molecule has 0 unspecified atom stereocenters. The zero-order valence-electron chi connectivity index (χ0n) is 14.2. The molecule has 0 aliphatic rings. The normalized spacial score (nSPS) is 12.4. The van der Waals surface area contributed by atoms with Gasteiger partial charge in [0.25, 0.3) is 0 Å². The molecule has 0 bridgehead atoms. The number of aryl methyl sites for hydroxylation is 2. The van der Waals surface area contributed by atoms with Crippen molar-refractivity contribution in [2.24, 2.45) is 10.2 Å². The molecule has 0 aliphatic carbocycles. The zero-order valence-corrected chi connectivity index (χ0v) is 15.0. The van der Waals surface area contributed by atoms with Crippen molar-refractivity contribution in [1.29, 1.82) is 0 Å². The van der Waals surface area contributed by atoms with E-state index in [1.54, 1.807) is 11.3 Å². The molecule has 118 valence electrons. The molecule has 0 fully saturated rings. The average molecular weight is 323 g/mol. The first kappa shape index (κ1) is 15.8. The second-order valence-corrected chi connectivity index (χ2v) is 7.79. The molecule has 0 atom stereocenters. The lowest BCUT2D eigenvalue weighted by Crippen LogP contribution is -2.07. The number of rotatable bonds is 2. The third-order valence-electron chi connectivity index (χ3n) is 3.66. The summed E-state index contributed by atoms with van der Waals surface area (Å²) in [5.74, 6) is 0. The highest BCUT2D eigenvalue weighted by molar-refractivity contribution is 7.21. The minimum Gasteiger partial charge on any atom is -0.236 e. The van der Waals surface area contributed by atoms with Gasteiger partial charge in [-0.25, -0.2) is 4.98 Å². The van der Waals surface area contributed by atoms with Crippen LogP contribution in [0.3, 0.4) is 0 Å². The number of thiazole rings is 1. The fraction of sp³-hybridized carbons (Fsp3) is 0.316. The van der Waals surface area contributed by atoms with Crippen LogP contribution in [0.5, 0.6) is 0 Å². The Hall–Kier alpha value is -2.07. The fourth-order valence-corrected chi connectivity index (χ4v) is 3.35. The SMILES string of the molecule is Cc1ccc2nc(-c3ccc(N=NC(C)(C)C)cc3)sc2c1C. The van der Waals surface area contributed by atoms with Crippen molar-refractivity contribution in [3.05, 3.63) is 47.5 Å². The number of nitrogens with zero attached hydrogens (tertiary/aromatic N) is 3. The molecule has 3 rings (SSSR count). The maximum absolute atomic E-state index is 4.76. The summed E-state index contributed by atoms with van der Waals surface area (Å²) < 4.78 is 1.27. The standard InChI is InChI=1S/C19H21N3S/c1-12-6-11-16-17(13(12)2)23-18(20-16)14-7-9-15(10-8-14)21-22-19(3,4)5/h6-11H,1-5H3. The van der Waals surface area contributed by atoms with Crippen molar-refractivity contribution in [3.63, 3.8) is 0 Å². The van der Waals surface area contributed by atoms with Crippen LogP contribution in [-0.4, -0.2) is 10.5 Å². The van der Waals surface area contributed by atoms with Gasteiger partial charge in [0.1, 0.15) is 5.01 Å². The quantitative estimate of drug-likeness (QED) is 0.498. The molecule has 0 radical (unpaired) electrons. The van der Waals surface area contributed by atoms with Gasteiger partial charge in [0.2, 0.25) is 0 Å². The smallest absolute Gasteiger partial charge is 0.124 e. The summed E-state index contributed by atoms with van der Waals surface area (Å²) >= 11 is 1.75. The average Bonchev–Trinajstić information content (AvgIpc) is 2.94. The van der Waals surface area contributed by atoms with Crippen LogP contribution in [0.25, 0.3) is 20.8 Å². The molecule has 1 heterocycles. The molecular formula is C19H21N3S. The van der Waals surface area contributed by atoms with Crippen molar-refractivity contribution in [1.82, 2.24) is 4.98 Å². The molecule has 0 N–H and O–H groups in total. The second kappa shape index (κ2) is 5.85. The van der Waals surface area contributed by atoms with E-state index in [0.29, 0.717) is 0 Å². The van der Waals surface area contributed by atoms with Crippen LogP contribution in [0, 0.1) is 13.8 Å². The van der Waals surface area contributed by atoms with Crippen molar-refractivity contribution in [2.45, 2.75) is 40.2 Å². The molecule has 4 heteroatoms. The second-order valence-electron chi connectivity index (χ2n) is 6.79. The Morgan fingerprint density at radius 2 is 1.65 bits per heavy atom. The number of fused-ring (bicyclic) bond motifs is 1. The van der Waals surface area contributed by atoms with Gasteiger partial charge in [-0.15, -0.1) is 11.3 Å². The van der Waals surface area contributed by atoms with Crippen molar-refractivity contribution in [2.75, 3.05) is 0 Å². The number of hydrogen-bond donors (Lipinski definition) is 0. The van der Waals surface area contributed by atoms with Crippen LogP contribution >= 0.6 is 11.3 Å². The van der Waals surface area contributed by atoms with Crippen LogP contribution < -0.4 is 0 Å². The van der Waals surface area contributed by atoms with Gasteiger partial charge < -0.3 is 0 Å². The van der Waals surface area contributed by atoms with Gasteiger partial charge in [-0.3, -0.25) is 0 Å². The molecule has 0 saturated carbocycles. The number of azo groups is 1. The maximum Gasteiger partial charge on any atom is 0.124 e. The van der Waals surface area contributed by atoms with Crippen LogP contribution in [0.1, 0.15) is 31.9 Å². The molecule has 0 spiro atoms.